The van der Waals surface area contributed by atoms with Gasteiger partial charge in [-0.25, -0.2) is 9.78 Å². The zero-order valence-corrected chi connectivity index (χ0v) is 26.9. The van der Waals surface area contributed by atoms with Crippen LogP contribution in [0.5, 0.6) is 5.75 Å². The molecule has 238 valence electrons. The van der Waals surface area contributed by atoms with Crippen LogP contribution in [0.1, 0.15) is 139 Å². The summed E-state index contributed by atoms with van der Waals surface area (Å²) in [6.07, 6.45) is 18.3. The van der Waals surface area contributed by atoms with E-state index in [4.69, 9.17) is 19.2 Å². The minimum atomic E-state index is -0.100. The van der Waals surface area contributed by atoms with E-state index in [1.54, 1.807) is 0 Å². The highest BCUT2D eigenvalue weighted by Crippen LogP contribution is 2.41. The number of hydrogen-bond donors (Lipinski definition) is 0. The Kier molecular flexibility index (Phi) is 15.1. The van der Waals surface area contributed by atoms with Crippen molar-refractivity contribution in [2.24, 2.45) is 11.8 Å². The Balaban J connectivity index is 1.08. The number of hydrogen-bond acceptors (Lipinski definition) is 5. The Morgan fingerprint density at radius 2 is 1.28 bits per heavy atom. The SMILES string of the molecule is CCCCCCCOCOOCC1CCC(C(=O)Oc2ccc(C3CCC(c4ccc(CCCC)cc4)CC3)cc2)CC1. The van der Waals surface area contributed by atoms with Gasteiger partial charge in [0.1, 0.15) is 5.75 Å². The van der Waals surface area contributed by atoms with Gasteiger partial charge < -0.3 is 9.47 Å². The Morgan fingerprint density at radius 1 is 0.674 bits per heavy atom. The second-order valence-electron chi connectivity index (χ2n) is 12.9. The van der Waals surface area contributed by atoms with Crippen LogP contribution in [0.15, 0.2) is 48.5 Å². The Bertz CT molecular complexity index is 1020. The van der Waals surface area contributed by atoms with E-state index in [2.05, 4.69) is 50.2 Å². The highest BCUT2D eigenvalue weighted by Gasteiger charge is 2.28. The van der Waals surface area contributed by atoms with Crippen LogP contribution in [-0.4, -0.2) is 26.0 Å². The van der Waals surface area contributed by atoms with Gasteiger partial charge >= 0.3 is 5.97 Å². The van der Waals surface area contributed by atoms with Crippen molar-refractivity contribution < 1.29 is 24.0 Å². The summed E-state index contributed by atoms with van der Waals surface area (Å²) < 4.78 is 11.3. The van der Waals surface area contributed by atoms with Crippen LogP contribution in [0.2, 0.25) is 0 Å². The van der Waals surface area contributed by atoms with E-state index < -0.39 is 0 Å². The van der Waals surface area contributed by atoms with Crippen molar-refractivity contribution in [2.75, 3.05) is 20.0 Å². The zero-order valence-electron chi connectivity index (χ0n) is 26.9. The molecule has 0 atom stereocenters. The topological polar surface area (TPSA) is 54.0 Å². The average molecular weight is 593 g/mol. The number of rotatable bonds is 18. The third-order valence-electron chi connectivity index (χ3n) is 9.66. The van der Waals surface area contributed by atoms with Gasteiger partial charge in [-0.3, -0.25) is 4.79 Å². The van der Waals surface area contributed by atoms with Gasteiger partial charge in [0.2, 0.25) is 0 Å². The van der Waals surface area contributed by atoms with E-state index in [1.165, 1.54) is 87.3 Å². The Hall–Kier alpha value is -2.21. The Morgan fingerprint density at radius 3 is 1.91 bits per heavy atom. The summed E-state index contributed by atoms with van der Waals surface area (Å²) in [7, 11) is 0. The fourth-order valence-electron chi connectivity index (χ4n) is 6.75. The molecule has 2 aromatic carbocycles. The molecule has 2 saturated carbocycles. The molecule has 0 saturated heterocycles. The molecular weight excluding hydrogens is 536 g/mol. The lowest BCUT2D eigenvalue weighted by Crippen LogP contribution is -2.27. The standard InChI is InChI=1S/C38H56O5/c1-3-5-7-8-9-27-40-29-42-41-28-31-13-17-36(18-14-31)38(39)43-37-25-23-35(24-26-37)34-21-19-33(20-22-34)32-15-11-30(12-16-32)10-6-4-2/h11-12,15-16,23-26,31,33-34,36H,3-10,13-14,17-22,27-29H2,1-2H3. The molecule has 2 fully saturated rings. The normalized spacial score (nSPS) is 22.4. The molecule has 0 aliphatic heterocycles. The predicted molar refractivity (Wildman–Crippen MR) is 173 cm³/mol. The minimum Gasteiger partial charge on any atom is -0.426 e. The van der Waals surface area contributed by atoms with Crippen molar-refractivity contribution >= 4 is 5.97 Å². The highest BCUT2D eigenvalue weighted by molar-refractivity contribution is 5.75. The fraction of sp³-hybridized carbons (Fsp3) is 0.658. The Labute approximate surface area is 261 Å². The van der Waals surface area contributed by atoms with Crippen molar-refractivity contribution in [3.63, 3.8) is 0 Å². The number of unbranched alkanes of at least 4 members (excludes halogenated alkanes) is 5. The largest absolute Gasteiger partial charge is 0.426 e. The fourth-order valence-corrected chi connectivity index (χ4v) is 6.75. The summed E-state index contributed by atoms with van der Waals surface area (Å²) in [6.45, 7) is 5.93. The van der Waals surface area contributed by atoms with E-state index in [-0.39, 0.29) is 18.7 Å². The molecule has 0 aromatic heterocycles. The summed E-state index contributed by atoms with van der Waals surface area (Å²) in [5, 5.41) is 0. The van der Waals surface area contributed by atoms with Gasteiger partial charge in [-0.05, 0) is 117 Å². The maximum atomic E-state index is 12.9. The lowest BCUT2D eigenvalue weighted by Gasteiger charge is -2.29. The zero-order chi connectivity index (χ0) is 30.1. The van der Waals surface area contributed by atoms with E-state index in [0.717, 1.165) is 38.7 Å². The second-order valence-corrected chi connectivity index (χ2v) is 12.9. The van der Waals surface area contributed by atoms with Crippen LogP contribution in [0.4, 0.5) is 0 Å². The maximum absolute atomic E-state index is 12.9. The first-order chi connectivity index (χ1) is 21.2. The van der Waals surface area contributed by atoms with Gasteiger partial charge in [0.25, 0.3) is 0 Å². The summed E-state index contributed by atoms with van der Waals surface area (Å²) in [5.41, 5.74) is 4.34. The van der Waals surface area contributed by atoms with E-state index >= 15 is 0 Å². The number of carbonyl (C=O) groups excluding carboxylic acids is 1. The number of carbonyl (C=O) groups is 1. The number of ether oxygens (including phenoxy) is 2. The number of benzene rings is 2. The molecule has 0 spiro atoms. The van der Waals surface area contributed by atoms with Crippen LogP contribution in [0.3, 0.4) is 0 Å². The van der Waals surface area contributed by atoms with Gasteiger partial charge in [-0.1, -0.05) is 82.3 Å². The monoisotopic (exact) mass is 592 g/mol. The molecule has 2 aliphatic carbocycles. The predicted octanol–water partition coefficient (Wildman–Crippen LogP) is 10.1. The van der Waals surface area contributed by atoms with Gasteiger partial charge in [0, 0.05) is 6.61 Å². The van der Waals surface area contributed by atoms with Crippen molar-refractivity contribution in [2.45, 2.75) is 128 Å². The van der Waals surface area contributed by atoms with Crippen LogP contribution in [-0.2, 0) is 25.7 Å². The summed E-state index contributed by atoms with van der Waals surface area (Å²) in [4.78, 5) is 23.4. The molecule has 2 aliphatic rings. The maximum Gasteiger partial charge on any atom is 0.314 e. The van der Waals surface area contributed by atoms with Crippen molar-refractivity contribution in [3.05, 3.63) is 65.2 Å². The summed E-state index contributed by atoms with van der Waals surface area (Å²) in [6, 6.07) is 17.7. The van der Waals surface area contributed by atoms with E-state index in [0.29, 0.717) is 30.1 Å². The summed E-state index contributed by atoms with van der Waals surface area (Å²) in [5.74, 6) is 2.21. The van der Waals surface area contributed by atoms with Gasteiger partial charge in [-0.15, -0.1) is 0 Å². The smallest absolute Gasteiger partial charge is 0.314 e. The highest BCUT2D eigenvalue weighted by atomic mass is 17.2. The third kappa shape index (κ3) is 11.7. The molecule has 5 heteroatoms. The first-order valence-electron chi connectivity index (χ1n) is 17.4. The molecule has 0 unspecified atom stereocenters. The molecule has 0 bridgehead atoms. The van der Waals surface area contributed by atoms with Crippen LogP contribution >= 0.6 is 0 Å². The molecule has 4 rings (SSSR count). The van der Waals surface area contributed by atoms with Gasteiger partial charge in [-0.2, -0.15) is 0 Å². The van der Waals surface area contributed by atoms with Crippen LogP contribution in [0, 0.1) is 11.8 Å². The lowest BCUT2D eigenvalue weighted by molar-refractivity contribution is -0.342. The van der Waals surface area contributed by atoms with Crippen molar-refractivity contribution in [1.29, 1.82) is 0 Å². The van der Waals surface area contributed by atoms with E-state index in [9.17, 15) is 4.79 Å². The van der Waals surface area contributed by atoms with Gasteiger partial charge in [0.05, 0.1) is 12.5 Å². The molecule has 2 aromatic rings. The molecule has 0 amide bonds. The van der Waals surface area contributed by atoms with Crippen LogP contribution in [0.25, 0.3) is 0 Å². The lowest BCUT2D eigenvalue weighted by atomic mass is 9.76. The van der Waals surface area contributed by atoms with Crippen molar-refractivity contribution in [3.8, 4) is 5.75 Å². The number of esters is 1. The van der Waals surface area contributed by atoms with Crippen LogP contribution < -0.4 is 4.74 Å². The second kappa shape index (κ2) is 19.2. The molecule has 0 heterocycles. The first-order valence-corrected chi connectivity index (χ1v) is 17.4. The molecule has 5 nitrogen and oxygen atoms in total. The molecule has 0 N–H and O–H groups in total. The quantitative estimate of drug-likeness (QED) is 0.0430. The molecular formula is C38H56O5. The average Bonchev–Trinajstić information content (AvgIpc) is 3.05. The third-order valence-corrected chi connectivity index (χ3v) is 9.66. The molecule has 0 radical (unpaired) electrons. The summed E-state index contributed by atoms with van der Waals surface area (Å²) >= 11 is 0. The van der Waals surface area contributed by atoms with E-state index in [1.807, 2.05) is 12.1 Å². The minimum absolute atomic E-state index is 0.0381. The van der Waals surface area contributed by atoms with Crippen molar-refractivity contribution in [1.82, 2.24) is 0 Å². The first kappa shape index (κ1) is 33.7. The van der Waals surface area contributed by atoms with Gasteiger partial charge in [0.15, 0.2) is 6.79 Å². The molecule has 43 heavy (non-hydrogen) atoms. The number of aryl methyl sites for hydroxylation is 1.